The molecule has 1 aliphatic rings. The van der Waals surface area contributed by atoms with Crippen molar-refractivity contribution in [2.45, 2.75) is 6.54 Å². The van der Waals surface area contributed by atoms with Gasteiger partial charge in [-0.2, -0.15) is 0 Å². The van der Waals surface area contributed by atoms with Crippen LogP contribution in [0.5, 0.6) is 0 Å². The standard InChI is InChI=1S/C15H11N/c1-10-9-16-14-8-3-2-5-12(14)13-7-4-6-11(10)15(13)16/h2-8H,1,9H2. The van der Waals surface area contributed by atoms with Gasteiger partial charge in [-0.1, -0.05) is 43.0 Å². The number of nitrogens with zero attached hydrogens (tertiary/aromatic N) is 1. The quantitative estimate of drug-likeness (QED) is 0.525. The fraction of sp³-hybridized carbons (Fsp3) is 0.0667. The van der Waals surface area contributed by atoms with Crippen LogP contribution in [-0.4, -0.2) is 4.57 Å². The highest BCUT2D eigenvalue weighted by molar-refractivity contribution is 6.12. The summed E-state index contributed by atoms with van der Waals surface area (Å²) in [5.41, 5.74) is 5.22. The summed E-state index contributed by atoms with van der Waals surface area (Å²) >= 11 is 0. The van der Waals surface area contributed by atoms with Gasteiger partial charge in [0.2, 0.25) is 0 Å². The van der Waals surface area contributed by atoms with Gasteiger partial charge < -0.3 is 4.57 Å². The van der Waals surface area contributed by atoms with E-state index in [0.29, 0.717) is 0 Å². The van der Waals surface area contributed by atoms with Gasteiger partial charge in [0.1, 0.15) is 0 Å². The minimum atomic E-state index is 0.934. The lowest BCUT2D eigenvalue weighted by Crippen LogP contribution is -1.89. The molecule has 3 aromatic rings. The van der Waals surface area contributed by atoms with Crippen molar-refractivity contribution in [2.75, 3.05) is 0 Å². The molecule has 0 unspecified atom stereocenters. The maximum atomic E-state index is 4.15. The van der Waals surface area contributed by atoms with Gasteiger partial charge in [0.05, 0.1) is 5.52 Å². The van der Waals surface area contributed by atoms with Gasteiger partial charge in [0.15, 0.2) is 0 Å². The highest BCUT2D eigenvalue weighted by atomic mass is 15.0. The van der Waals surface area contributed by atoms with Gasteiger partial charge in [-0.05, 0) is 11.6 Å². The molecule has 0 fully saturated rings. The summed E-state index contributed by atoms with van der Waals surface area (Å²) in [6.07, 6.45) is 0. The highest BCUT2D eigenvalue weighted by Gasteiger charge is 2.20. The van der Waals surface area contributed by atoms with Crippen LogP contribution in [-0.2, 0) is 6.54 Å². The maximum Gasteiger partial charge on any atom is 0.0571 e. The maximum absolute atomic E-state index is 4.15. The van der Waals surface area contributed by atoms with E-state index in [0.717, 1.165) is 6.54 Å². The molecule has 0 spiro atoms. The first-order chi connectivity index (χ1) is 7.86. The fourth-order valence-corrected chi connectivity index (χ4v) is 2.83. The van der Waals surface area contributed by atoms with Gasteiger partial charge in [0, 0.05) is 28.4 Å². The first-order valence-corrected chi connectivity index (χ1v) is 5.54. The van der Waals surface area contributed by atoms with E-state index in [2.05, 4.69) is 53.6 Å². The Labute approximate surface area is 93.6 Å². The second-order valence-electron chi connectivity index (χ2n) is 4.41. The molecule has 16 heavy (non-hydrogen) atoms. The van der Waals surface area contributed by atoms with E-state index in [4.69, 9.17) is 0 Å². The third-order valence-corrected chi connectivity index (χ3v) is 3.52. The van der Waals surface area contributed by atoms with E-state index in [1.807, 2.05) is 0 Å². The topological polar surface area (TPSA) is 4.93 Å². The van der Waals surface area contributed by atoms with E-state index >= 15 is 0 Å². The Kier molecular flexibility index (Phi) is 1.31. The predicted molar refractivity (Wildman–Crippen MR) is 68.5 cm³/mol. The first kappa shape index (κ1) is 8.17. The zero-order valence-corrected chi connectivity index (χ0v) is 8.90. The first-order valence-electron chi connectivity index (χ1n) is 5.54. The summed E-state index contributed by atoms with van der Waals surface area (Å²) < 4.78 is 2.38. The molecular formula is C15H11N. The molecular weight excluding hydrogens is 194 g/mol. The van der Waals surface area contributed by atoms with Crippen molar-refractivity contribution in [2.24, 2.45) is 0 Å². The number of benzene rings is 2. The van der Waals surface area contributed by atoms with Crippen LogP contribution in [0.25, 0.3) is 27.4 Å². The molecule has 0 atom stereocenters. The monoisotopic (exact) mass is 205 g/mol. The molecule has 4 rings (SSSR count). The van der Waals surface area contributed by atoms with Crippen LogP contribution in [0.3, 0.4) is 0 Å². The van der Waals surface area contributed by atoms with Crippen molar-refractivity contribution in [3.63, 3.8) is 0 Å². The van der Waals surface area contributed by atoms with Gasteiger partial charge in [-0.25, -0.2) is 0 Å². The lowest BCUT2D eigenvalue weighted by Gasteiger charge is -1.99. The number of fused-ring (bicyclic) bond motifs is 3. The molecule has 1 nitrogen and oxygen atoms in total. The average Bonchev–Trinajstić information content (AvgIpc) is 2.82. The van der Waals surface area contributed by atoms with Crippen molar-refractivity contribution in [3.8, 4) is 0 Å². The molecule has 0 saturated heterocycles. The van der Waals surface area contributed by atoms with E-state index in [9.17, 15) is 0 Å². The Balaban J connectivity index is 2.39. The van der Waals surface area contributed by atoms with Gasteiger partial charge in [-0.3, -0.25) is 0 Å². The number of hydrogen-bond acceptors (Lipinski definition) is 0. The average molecular weight is 205 g/mol. The summed E-state index contributed by atoms with van der Waals surface area (Å²) in [6, 6.07) is 15.1. The molecule has 0 radical (unpaired) electrons. The molecule has 0 N–H and O–H groups in total. The minimum Gasteiger partial charge on any atom is -0.335 e. The predicted octanol–water partition coefficient (Wildman–Crippen LogP) is 3.82. The minimum absolute atomic E-state index is 0.934. The zero-order chi connectivity index (χ0) is 10.7. The number of allylic oxidation sites excluding steroid dienone is 1. The zero-order valence-electron chi connectivity index (χ0n) is 8.90. The molecule has 1 aliphatic heterocycles. The number of hydrogen-bond donors (Lipinski definition) is 0. The van der Waals surface area contributed by atoms with Gasteiger partial charge in [0.25, 0.3) is 0 Å². The van der Waals surface area contributed by atoms with Crippen LogP contribution in [0.15, 0.2) is 49.0 Å². The Morgan fingerprint density at radius 2 is 1.75 bits per heavy atom. The van der Waals surface area contributed by atoms with Crippen molar-refractivity contribution in [1.29, 1.82) is 0 Å². The normalized spacial score (nSPS) is 14.1. The fourth-order valence-electron chi connectivity index (χ4n) is 2.83. The van der Waals surface area contributed by atoms with Crippen LogP contribution in [0, 0.1) is 0 Å². The Bertz CT molecular complexity index is 747. The number of rotatable bonds is 0. The van der Waals surface area contributed by atoms with E-state index in [1.165, 1.54) is 32.9 Å². The third kappa shape index (κ3) is 0.782. The van der Waals surface area contributed by atoms with Gasteiger partial charge in [-0.15, -0.1) is 0 Å². The van der Waals surface area contributed by atoms with Crippen LogP contribution in [0.4, 0.5) is 0 Å². The van der Waals surface area contributed by atoms with E-state index in [-0.39, 0.29) is 0 Å². The number of para-hydroxylation sites is 2. The number of aromatic nitrogens is 1. The van der Waals surface area contributed by atoms with E-state index < -0.39 is 0 Å². The summed E-state index contributed by atoms with van der Waals surface area (Å²) in [5.74, 6) is 0. The SMILES string of the molecule is C=C1Cn2c3ccccc3c3cccc1c32. The molecule has 76 valence electrons. The Hall–Kier alpha value is -2.02. The molecule has 0 saturated carbocycles. The third-order valence-electron chi connectivity index (χ3n) is 3.52. The Morgan fingerprint density at radius 1 is 0.938 bits per heavy atom. The largest absolute Gasteiger partial charge is 0.335 e. The van der Waals surface area contributed by atoms with Crippen LogP contribution in [0.2, 0.25) is 0 Å². The van der Waals surface area contributed by atoms with Crippen molar-refractivity contribution in [1.82, 2.24) is 4.57 Å². The molecule has 1 aromatic heterocycles. The lowest BCUT2D eigenvalue weighted by molar-refractivity contribution is 0.948. The second kappa shape index (κ2) is 2.56. The van der Waals surface area contributed by atoms with Crippen molar-refractivity contribution < 1.29 is 0 Å². The van der Waals surface area contributed by atoms with E-state index in [1.54, 1.807) is 0 Å². The summed E-state index contributed by atoms with van der Waals surface area (Å²) in [5, 5.41) is 2.71. The molecule has 0 amide bonds. The molecule has 0 bridgehead atoms. The van der Waals surface area contributed by atoms with Crippen LogP contribution < -0.4 is 0 Å². The second-order valence-corrected chi connectivity index (χ2v) is 4.41. The summed E-state index contributed by atoms with van der Waals surface area (Å²) in [7, 11) is 0. The molecule has 2 heterocycles. The summed E-state index contributed by atoms with van der Waals surface area (Å²) in [6.45, 7) is 5.09. The Morgan fingerprint density at radius 3 is 2.69 bits per heavy atom. The smallest absolute Gasteiger partial charge is 0.0571 e. The van der Waals surface area contributed by atoms with Crippen molar-refractivity contribution >= 4 is 27.4 Å². The summed E-state index contributed by atoms with van der Waals surface area (Å²) in [4.78, 5) is 0. The molecule has 1 heteroatoms. The van der Waals surface area contributed by atoms with Crippen molar-refractivity contribution in [3.05, 3.63) is 54.6 Å². The molecule has 0 aliphatic carbocycles. The van der Waals surface area contributed by atoms with Gasteiger partial charge >= 0.3 is 0 Å². The highest BCUT2D eigenvalue weighted by Crippen LogP contribution is 2.38. The lowest BCUT2D eigenvalue weighted by atomic mass is 10.1. The molecule has 2 aromatic carbocycles. The van der Waals surface area contributed by atoms with Crippen LogP contribution >= 0.6 is 0 Å². The van der Waals surface area contributed by atoms with Crippen LogP contribution in [0.1, 0.15) is 5.56 Å².